The van der Waals surface area contributed by atoms with Crippen LogP contribution in [-0.2, 0) is 9.53 Å². The Balaban J connectivity index is 2.66. The maximum atomic E-state index is 13.6. The molecule has 0 aliphatic rings. The van der Waals surface area contributed by atoms with Crippen LogP contribution in [0.1, 0.15) is 20.3 Å². The molecule has 0 saturated carbocycles. The molecule has 1 amide bonds. The Morgan fingerprint density at radius 1 is 1.52 bits per heavy atom. The first-order valence-corrected chi connectivity index (χ1v) is 7.05. The van der Waals surface area contributed by atoms with E-state index in [0.29, 0.717) is 18.8 Å². The maximum absolute atomic E-state index is 13.6. The molecule has 6 heteroatoms. The first-order valence-electron chi connectivity index (χ1n) is 7.05. The van der Waals surface area contributed by atoms with Gasteiger partial charge in [-0.15, -0.1) is 0 Å². The summed E-state index contributed by atoms with van der Waals surface area (Å²) in [6, 6.07) is 4.35. The summed E-state index contributed by atoms with van der Waals surface area (Å²) in [5.41, 5.74) is 6.11. The molecule has 5 nitrogen and oxygen atoms in total. The van der Waals surface area contributed by atoms with Crippen molar-refractivity contribution in [3.63, 3.8) is 0 Å². The number of benzene rings is 1. The molecular weight excluding hydrogens is 273 g/mol. The molecule has 1 unspecified atom stereocenters. The fourth-order valence-electron chi connectivity index (χ4n) is 1.93. The number of methoxy groups -OCH3 is 1. The molecule has 1 atom stereocenters. The number of nitrogen functional groups attached to an aromatic ring is 1. The molecule has 0 aliphatic carbocycles. The van der Waals surface area contributed by atoms with Gasteiger partial charge in [-0.2, -0.15) is 0 Å². The van der Waals surface area contributed by atoms with Crippen LogP contribution in [-0.4, -0.2) is 43.7 Å². The Morgan fingerprint density at radius 3 is 2.86 bits per heavy atom. The normalized spacial score (nSPS) is 12.4. The van der Waals surface area contributed by atoms with Crippen LogP contribution in [0.25, 0.3) is 0 Å². The summed E-state index contributed by atoms with van der Waals surface area (Å²) in [4.78, 5) is 14.1. The maximum Gasteiger partial charge on any atom is 0.238 e. The molecule has 0 radical (unpaired) electrons. The molecule has 0 saturated heterocycles. The van der Waals surface area contributed by atoms with Crippen molar-refractivity contribution in [2.75, 3.05) is 37.9 Å². The van der Waals surface area contributed by atoms with Crippen LogP contribution >= 0.6 is 0 Å². The van der Waals surface area contributed by atoms with Crippen LogP contribution in [0, 0.1) is 5.82 Å². The van der Waals surface area contributed by atoms with Gasteiger partial charge in [0.05, 0.1) is 18.8 Å². The number of nitrogens with one attached hydrogen (secondary N) is 1. The van der Waals surface area contributed by atoms with Gasteiger partial charge in [-0.3, -0.25) is 9.69 Å². The van der Waals surface area contributed by atoms with E-state index in [-0.39, 0.29) is 24.2 Å². The largest absolute Gasteiger partial charge is 0.399 e. The van der Waals surface area contributed by atoms with Crippen molar-refractivity contribution >= 4 is 17.3 Å². The average molecular weight is 297 g/mol. The first-order chi connectivity index (χ1) is 9.97. The fourth-order valence-corrected chi connectivity index (χ4v) is 1.93. The van der Waals surface area contributed by atoms with Gasteiger partial charge in [0.1, 0.15) is 5.82 Å². The lowest BCUT2D eigenvalue weighted by atomic mass is 10.2. The van der Waals surface area contributed by atoms with E-state index in [1.54, 1.807) is 7.11 Å². The van der Waals surface area contributed by atoms with E-state index < -0.39 is 5.82 Å². The molecule has 3 N–H and O–H groups in total. The van der Waals surface area contributed by atoms with E-state index in [0.717, 1.165) is 6.42 Å². The summed E-state index contributed by atoms with van der Waals surface area (Å²) < 4.78 is 18.6. The second-order valence-corrected chi connectivity index (χ2v) is 5.01. The van der Waals surface area contributed by atoms with Crippen LogP contribution in [0.4, 0.5) is 15.8 Å². The zero-order valence-corrected chi connectivity index (χ0v) is 12.9. The summed E-state index contributed by atoms with van der Waals surface area (Å²) in [5, 5.41) is 2.56. The molecule has 0 fully saturated rings. The second kappa shape index (κ2) is 8.59. The number of carbonyl (C=O) groups excluding carboxylic acids is 1. The van der Waals surface area contributed by atoms with Crippen LogP contribution < -0.4 is 11.1 Å². The lowest BCUT2D eigenvalue weighted by Crippen LogP contribution is -2.41. The molecule has 0 bridgehead atoms. The quantitative estimate of drug-likeness (QED) is 0.721. The highest BCUT2D eigenvalue weighted by Gasteiger charge is 2.16. The van der Waals surface area contributed by atoms with Gasteiger partial charge in [-0.25, -0.2) is 4.39 Å². The summed E-state index contributed by atoms with van der Waals surface area (Å²) in [7, 11) is 1.62. The van der Waals surface area contributed by atoms with Crippen LogP contribution in [0.15, 0.2) is 18.2 Å². The third-order valence-electron chi connectivity index (χ3n) is 3.41. The van der Waals surface area contributed by atoms with Gasteiger partial charge in [0, 0.05) is 25.4 Å². The third-order valence-corrected chi connectivity index (χ3v) is 3.41. The Morgan fingerprint density at radius 2 is 2.24 bits per heavy atom. The van der Waals surface area contributed by atoms with E-state index in [9.17, 15) is 9.18 Å². The molecule has 1 aromatic carbocycles. The number of amides is 1. The lowest BCUT2D eigenvalue weighted by Gasteiger charge is -2.27. The van der Waals surface area contributed by atoms with Gasteiger partial charge < -0.3 is 15.8 Å². The number of hydrogen-bond donors (Lipinski definition) is 2. The van der Waals surface area contributed by atoms with Crippen molar-refractivity contribution in [1.82, 2.24) is 4.90 Å². The molecule has 1 rings (SSSR count). The minimum atomic E-state index is -0.496. The highest BCUT2D eigenvalue weighted by atomic mass is 19.1. The number of ether oxygens (including phenoxy) is 1. The molecule has 0 aromatic heterocycles. The molecule has 21 heavy (non-hydrogen) atoms. The Labute approximate surface area is 125 Å². The van der Waals surface area contributed by atoms with Gasteiger partial charge in [0.25, 0.3) is 0 Å². The zero-order chi connectivity index (χ0) is 15.8. The Kier molecular flexibility index (Phi) is 7.11. The standard InChI is InChI=1S/C15H24FN3O2/c1-4-11(2)19(7-8-21-3)10-15(20)18-14-9-12(17)5-6-13(14)16/h5-6,9,11H,4,7-8,10,17H2,1-3H3,(H,18,20). The summed E-state index contributed by atoms with van der Waals surface area (Å²) in [6.07, 6.45) is 0.920. The molecule has 1 aromatic rings. The zero-order valence-electron chi connectivity index (χ0n) is 12.9. The van der Waals surface area contributed by atoms with Gasteiger partial charge in [-0.05, 0) is 31.5 Å². The second-order valence-electron chi connectivity index (χ2n) is 5.01. The Hall–Kier alpha value is -1.66. The number of anilines is 2. The molecule has 0 heterocycles. The fraction of sp³-hybridized carbons (Fsp3) is 0.533. The van der Waals surface area contributed by atoms with Crippen molar-refractivity contribution in [3.8, 4) is 0 Å². The van der Waals surface area contributed by atoms with Crippen LogP contribution in [0.3, 0.4) is 0 Å². The Bertz CT molecular complexity index is 468. The van der Waals surface area contributed by atoms with Crippen molar-refractivity contribution in [1.29, 1.82) is 0 Å². The highest BCUT2D eigenvalue weighted by molar-refractivity contribution is 5.92. The van der Waals surface area contributed by atoms with E-state index in [2.05, 4.69) is 12.2 Å². The van der Waals surface area contributed by atoms with E-state index in [1.807, 2.05) is 11.8 Å². The molecule has 118 valence electrons. The predicted molar refractivity (Wildman–Crippen MR) is 82.6 cm³/mol. The van der Waals surface area contributed by atoms with Crippen LogP contribution in [0.2, 0.25) is 0 Å². The summed E-state index contributed by atoms with van der Waals surface area (Å²) >= 11 is 0. The van der Waals surface area contributed by atoms with Crippen molar-refractivity contribution in [2.45, 2.75) is 26.3 Å². The highest BCUT2D eigenvalue weighted by Crippen LogP contribution is 2.17. The molecule has 0 spiro atoms. The number of nitrogens with zero attached hydrogens (tertiary/aromatic N) is 1. The lowest BCUT2D eigenvalue weighted by molar-refractivity contribution is -0.118. The number of hydrogen-bond acceptors (Lipinski definition) is 4. The van der Waals surface area contributed by atoms with Gasteiger partial charge >= 0.3 is 0 Å². The summed E-state index contributed by atoms with van der Waals surface area (Å²) in [6.45, 7) is 5.49. The first kappa shape index (κ1) is 17.4. The van der Waals surface area contributed by atoms with Crippen molar-refractivity contribution < 1.29 is 13.9 Å². The van der Waals surface area contributed by atoms with Gasteiger partial charge in [0.15, 0.2) is 0 Å². The smallest absolute Gasteiger partial charge is 0.238 e. The SMILES string of the molecule is CCC(C)N(CCOC)CC(=O)Nc1cc(N)ccc1F. The van der Waals surface area contributed by atoms with Crippen LogP contribution in [0.5, 0.6) is 0 Å². The molecular formula is C15H24FN3O2. The molecule has 0 aliphatic heterocycles. The van der Waals surface area contributed by atoms with Gasteiger partial charge in [-0.1, -0.05) is 6.92 Å². The monoisotopic (exact) mass is 297 g/mol. The average Bonchev–Trinajstić information content (AvgIpc) is 2.46. The number of nitrogens with two attached hydrogens (primary N) is 1. The van der Waals surface area contributed by atoms with E-state index >= 15 is 0 Å². The number of carbonyl (C=O) groups is 1. The topological polar surface area (TPSA) is 67.6 Å². The van der Waals surface area contributed by atoms with Crippen molar-refractivity contribution in [2.24, 2.45) is 0 Å². The third kappa shape index (κ3) is 5.69. The predicted octanol–water partition coefficient (Wildman–Crippen LogP) is 2.09. The van der Waals surface area contributed by atoms with E-state index in [4.69, 9.17) is 10.5 Å². The number of halogens is 1. The minimum absolute atomic E-state index is 0.107. The van der Waals surface area contributed by atoms with E-state index in [1.165, 1.54) is 18.2 Å². The number of rotatable bonds is 8. The van der Waals surface area contributed by atoms with Gasteiger partial charge in [0.2, 0.25) is 5.91 Å². The minimum Gasteiger partial charge on any atom is -0.399 e. The summed E-state index contributed by atoms with van der Waals surface area (Å²) in [5.74, 6) is -0.763. The van der Waals surface area contributed by atoms with Crippen molar-refractivity contribution in [3.05, 3.63) is 24.0 Å².